The van der Waals surface area contributed by atoms with Crippen LogP contribution >= 0.6 is 12.8 Å². The van der Waals surface area contributed by atoms with Crippen LogP contribution in [-0.4, -0.2) is 26.6 Å². The van der Waals surface area contributed by atoms with Gasteiger partial charge >= 0.3 is 0 Å². The molecule has 6 nitrogen and oxygen atoms in total. The highest BCUT2D eigenvalue weighted by molar-refractivity contribution is 7.78. The average molecular weight is 448 g/mol. The maximum absolute atomic E-state index is 13.1. The van der Waals surface area contributed by atoms with E-state index in [1.165, 1.54) is 16.2 Å². The predicted molar refractivity (Wildman–Crippen MR) is 126 cm³/mol. The molecule has 4 aromatic rings. The molecule has 2 N–H and O–H groups in total. The number of nitrogens with one attached hydrogen (secondary N) is 2. The molecule has 0 radical (unpaired) electrons. The standard InChI is InChI=1S/C24H22FN5OS/c25-21-9-6-17(7-10-21)12-13-26-23(18-4-2-1-3-5-18)24(31)29-22-11-8-19(14-27-22)20-15-28-30(32)16-20/h1-11,14-16,23,26,32H,12-13H2,(H,27,29,31). The molecule has 1 unspecified atom stereocenters. The van der Waals surface area contributed by atoms with E-state index in [0.29, 0.717) is 18.8 Å². The third-order valence-corrected chi connectivity index (χ3v) is 5.21. The van der Waals surface area contributed by atoms with E-state index in [0.717, 1.165) is 22.3 Å². The van der Waals surface area contributed by atoms with Gasteiger partial charge in [0.05, 0.1) is 6.20 Å². The number of hydrogen-bond donors (Lipinski definition) is 3. The van der Waals surface area contributed by atoms with E-state index in [-0.39, 0.29) is 11.7 Å². The van der Waals surface area contributed by atoms with Crippen LogP contribution in [0.3, 0.4) is 0 Å². The summed E-state index contributed by atoms with van der Waals surface area (Å²) in [5.74, 6) is -0.0155. The molecule has 4 rings (SSSR count). The van der Waals surface area contributed by atoms with Gasteiger partial charge in [0.15, 0.2) is 0 Å². The number of carbonyl (C=O) groups excluding carboxylic acids is 1. The quantitative estimate of drug-likeness (QED) is 0.353. The number of aromatic nitrogens is 3. The number of nitrogens with zero attached hydrogens (tertiary/aromatic N) is 3. The summed E-state index contributed by atoms with van der Waals surface area (Å²) in [6.07, 6.45) is 5.82. The van der Waals surface area contributed by atoms with E-state index in [2.05, 4.69) is 33.5 Å². The van der Waals surface area contributed by atoms with Gasteiger partial charge in [0, 0.05) is 30.1 Å². The summed E-state index contributed by atoms with van der Waals surface area (Å²) >= 11 is 4.14. The second-order valence-corrected chi connectivity index (χ2v) is 7.65. The first-order valence-corrected chi connectivity index (χ1v) is 10.5. The molecule has 2 aromatic heterocycles. The van der Waals surface area contributed by atoms with Gasteiger partial charge in [0.2, 0.25) is 5.91 Å². The molecule has 0 bridgehead atoms. The first kappa shape index (κ1) is 21.7. The normalized spacial score (nSPS) is 11.8. The zero-order valence-corrected chi connectivity index (χ0v) is 18.0. The van der Waals surface area contributed by atoms with Crippen molar-refractivity contribution in [1.29, 1.82) is 0 Å². The highest BCUT2D eigenvalue weighted by Gasteiger charge is 2.20. The van der Waals surface area contributed by atoms with Crippen molar-refractivity contribution in [2.75, 3.05) is 11.9 Å². The van der Waals surface area contributed by atoms with Crippen molar-refractivity contribution < 1.29 is 9.18 Å². The van der Waals surface area contributed by atoms with Crippen molar-refractivity contribution >= 4 is 24.5 Å². The monoisotopic (exact) mass is 447 g/mol. The summed E-state index contributed by atoms with van der Waals surface area (Å²) in [7, 11) is 0. The van der Waals surface area contributed by atoms with Gasteiger partial charge in [-0.3, -0.25) is 4.79 Å². The molecule has 0 saturated heterocycles. The molecule has 1 amide bonds. The number of thiol groups is 1. The Morgan fingerprint density at radius 2 is 1.78 bits per heavy atom. The minimum Gasteiger partial charge on any atom is -0.309 e. The largest absolute Gasteiger partial charge is 0.309 e. The summed E-state index contributed by atoms with van der Waals surface area (Å²) in [5.41, 5.74) is 3.60. The molecule has 162 valence electrons. The molecule has 0 aliphatic carbocycles. The maximum Gasteiger partial charge on any atom is 0.247 e. The van der Waals surface area contributed by atoms with Gasteiger partial charge in [0.1, 0.15) is 17.7 Å². The number of benzene rings is 2. The van der Waals surface area contributed by atoms with Gasteiger partial charge in [-0.2, -0.15) is 5.10 Å². The molecule has 32 heavy (non-hydrogen) atoms. The summed E-state index contributed by atoms with van der Waals surface area (Å²) in [6.45, 7) is 0.554. The van der Waals surface area contributed by atoms with Crippen molar-refractivity contribution in [2.24, 2.45) is 0 Å². The van der Waals surface area contributed by atoms with E-state index >= 15 is 0 Å². The highest BCUT2D eigenvalue weighted by Crippen LogP contribution is 2.20. The second kappa shape index (κ2) is 10.2. The molecule has 1 atom stereocenters. The molecular formula is C24H22FN5OS. The smallest absolute Gasteiger partial charge is 0.247 e. The number of rotatable bonds is 8. The first-order chi connectivity index (χ1) is 15.6. The highest BCUT2D eigenvalue weighted by atomic mass is 32.1. The number of hydrogen-bond acceptors (Lipinski definition) is 5. The Labute approximate surface area is 191 Å². The Morgan fingerprint density at radius 3 is 2.44 bits per heavy atom. The minimum atomic E-state index is -0.555. The van der Waals surface area contributed by atoms with Crippen LogP contribution in [0.2, 0.25) is 0 Å². The van der Waals surface area contributed by atoms with Gasteiger partial charge < -0.3 is 10.6 Å². The predicted octanol–water partition coefficient (Wildman–Crippen LogP) is 4.29. The maximum atomic E-state index is 13.1. The topological polar surface area (TPSA) is 71.8 Å². The van der Waals surface area contributed by atoms with Crippen LogP contribution in [0, 0.1) is 5.82 Å². The second-order valence-electron chi connectivity index (χ2n) is 7.25. The lowest BCUT2D eigenvalue weighted by atomic mass is 10.1. The summed E-state index contributed by atoms with van der Waals surface area (Å²) in [6, 6.07) is 18.9. The molecule has 0 saturated carbocycles. The van der Waals surface area contributed by atoms with Crippen molar-refractivity contribution in [3.8, 4) is 11.1 Å². The number of pyridine rings is 1. The molecule has 0 aliphatic heterocycles. The Bertz CT molecular complexity index is 1160. The van der Waals surface area contributed by atoms with E-state index in [4.69, 9.17) is 0 Å². The Morgan fingerprint density at radius 1 is 1.00 bits per heavy atom. The summed E-state index contributed by atoms with van der Waals surface area (Å²) in [4.78, 5) is 17.4. The van der Waals surface area contributed by atoms with E-state index in [1.807, 2.05) is 36.4 Å². The third-order valence-electron chi connectivity index (χ3n) is 4.99. The van der Waals surface area contributed by atoms with Crippen molar-refractivity contribution in [1.82, 2.24) is 19.5 Å². The fourth-order valence-electron chi connectivity index (χ4n) is 3.32. The van der Waals surface area contributed by atoms with Crippen LogP contribution in [-0.2, 0) is 11.2 Å². The van der Waals surface area contributed by atoms with E-state index in [1.54, 1.807) is 36.8 Å². The van der Waals surface area contributed by atoms with Crippen LogP contribution in [0.15, 0.2) is 85.3 Å². The van der Waals surface area contributed by atoms with Gasteiger partial charge in [-0.15, -0.1) is 0 Å². The molecule has 2 heterocycles. The number of halogens is 1. The van der Waals surface area contributed by atoms with Crippen LogP contribution in [0.5, 0.6) is 0 Å². The third kappa shape index (κ3) is 5.60. The number of carbonyl (C=O) groups is 1. The van der Waals surface area contributed by atoms with Gasteiger partial charge in [-0.25, -0.2) is 13.5 Å². The molecular weight excluding hydrogens is 425 g/mol. The minimum absolute atomic E-state index is 0.210. The Hall–Kier alpha value is -3.49. The first-order valence-electron chi connectivity index (χ1n) is 10.1. The van der Waals surface area contributed by atoms with Crippen molar-refractivity contribution in [3.63, 3.8) is 0 Å². The van der Waals surface area contributed by atoms with Crippen LogP contribution in [0.4, 0.5) is 10.2 Å². The van der Waals surface area contributed by atoms with E-state index in [9.17, 15) is 9.18 Å². The molecule has 0 fully saturated rings. The van der Waals surface area contributed by atoms with Gasteiger partial charge in [-0.1, -0.05) is 42.5 Å². The van der Waals surface area contributed by atoms with Gasteiger partial charge in [0.25, 0.3) is 0 Å². The molecule has 0 aliphatic rings. The summed E-state index contributed by atoms with van der Waals surface area (Å²) < 4.78 is 14.5. The Balaban J connectivity index is 1.43. The zero-order valence-electron chi connectivity index (χ0n) is 17.1. The number of anilines is 1. The molecule has 0 spiro atoms. The Kier molecular flexibility index (Phi) is 6.94. The van der Waals surface area contributed by atoms with Gasteiger partial charge in [-0.05, 0) is 54.6 Å². The van der Waals surface area contributed by atoms with Crippen molar-refractivity contribution in [2.45, 2.75) is 12.5 Å². The summed E-state index contributed by atoms with van der Waals surface area (Å²) in [5, 5.41) is 10.2. The fraction of sp³-hybridized carbons (Fsp3) is 0.125. The molecule has 2 aromatic carbocycles. The van der Waals surface area contributed by atoms with Crippen LogP contribution < -0.4 is 10.6 Å². The molecule has 8 heteroatoms. The zero-order chi connectivity index (χ0) is 22.3. The fourth-order valence-corrected chi connectivity index (χ4v) is 3.49. The van der Waals surface area contributed by atoms with Crippen LogP contribution in [0.25, 0.3) is 11.1 Å². The lowest BCUT2D eigenvalue weighted by Gasteiger charge is -2.19. The van der Waals surface area contributed by atoms with E-state index < -0.39 is 6.04 Å². The lowest BCUT2D eigenvalue weighted by Crippen LogP contribution is -2.34. The lowest BCUT2D eigenvalue weighted by molar-refractivity contribution is -0.118. The van der Waals surface area contributed by atoms with Crippen LogP contribution in [0.1, 0.15) is 17.2 Å². The van der Waals surface area contributed by atoms with Crippen molar-refractivity contribution in [3.05, 3.63) is 102 Å². The SMILES string of the molecule is O=C(Nc1ccc(-c2cnn(S)c2)cn1)C(NCCc1ccc(F)cc1)c1ccccc1. The number of amides is 1. The average Bonchev–Trinajstić information content (AvgIpc) is 3.25.